The molecule has 1 aromatic carbocycles. The fraction of sp³-hybridized carbons (Fsp3) is 0.571. The molecule has 0 aliphatic carbocycles. The molecule has 0 atom stereocenters. The van der Waals surface area contributed by atoms with Gasteiger partial charge in [-0.05, 0) is 49.1 Å². The minimum atomic E-state index is -4.49. The number of nitrogens with one attached hydrogen (secondary N) is 1. The summed E-state index contributed by atoms with van der Waals surface area (Å²) in [5.41, 5.74) is 0.743. The van der Waals surface area contributed by atoms with Gasteiger partial charge in [0, 0.05) is 12.2 Å². The van der Waals surface area contributed by atoms with Gasteiger partial charge in [0.05, 0.1) is 4.90 Å². The molecule has 21 heavy (non-hydrogen) atoms. The maximum absolute atomic E-state index is 12.4. The van der Waals surface area contributed by atoms with Gasteiger partial charge in [0.25, 0.3) is 0 Å². The van der Waals surface area contributed by atoms with Gasteiger partial charge in [-0.2, -0.15) is 20.5 Å². The van der Waals surface area contributed by atoms with E-state index in [1.807, 2.05) is 11.8 Å². The molecule has 0 bridgehead atoms. The van der Waals surface area contributed by atoms with Crippen LogP contribution in [0.15, 0.2) is 29.2 Å². The van der Waals surface area contributed by atoms with Crippen LogP contribution in [0.1, 0.15) is 25.7 Å². The van der Waals surface area contributed by atoms with Crippen molar-refractivity contribution in [1.29, 1.82) is 0 Å². The summed E-state index contributed by atoms with van der Waals surface area (Å²) in [7, 11) is -4.49. The highest BCUT2D eigenvalue weighted by molar-refractivity contribution is 7.98. The molecule has 0 fully saturated rings. The number of unbranched alkanes of at least 4 members (excludes halogenated alkanes) is 3. The summed E-state index contributed by atoms with van der Waals surface area (Å²) < 4.78 is 47.3. The van der Waals surface area contributed by atoms with Crippen molar-refractivity contribution < 1.29 is 17.2 Å². The lowest BCUT2D eigenvalue weighted by molar-refractivity contribution is 0.234. The summed E-state index contributed by atoms with van der Waals surface area (Å²) in [6, 6.07) is 5.45. The Morgan fingerprint density at radius 2 is 1.71 bits per heavy atom. The number of anilines is 1. The molecular weight excluding hydrogens is 316 g/mol. The lowest BCUT2D eigenvalue weighted by Crippen LogP contribution is -2.11. The summed E-state index contributed by atoms with van der Waals surface area (Å²) in [4.78, 5) is -0.347. The van der Waals surface area contributed by atoms with Crippen LogP contribution in [0.5, 0.6) is 0 Å². The van der Waals surface area contributed by atoms with E-state index in [9.17, 15) is 17.2 Å². The maximum atomic E-state index is 12.4. The van der Waals surface area contributed by atoms with E-state index >= 15 is 0 Å². The van der Waals surface area contributed by atoms with Gasteiger partial charge < -0.3 is 5.32 Å². The van der Waals surface area contributed by atoms with Crippen molar-refractivity contribution in [2.75, 3.05) is 23.9 Å². The molecule has 0 aliphatic rings. The molecule has 7 heteroatoms. The first kappa shape index (κ1) is 18.2. The van der Waals surface area contributed by atoms with Gasteiger partial charge in [-0.3, -0.25) is 0 Å². The van der Waals surface area contributed by atoms with E-state index in [1.54, 1.807) is 0 Å². The molecule has 1 aromatic rings. The summed E-state index contributed by atoms with van der Waals surface area (Å²) >= 11 is 1.85. The molecule has 1 N–H and O–H groups in total. The minimum absolute atomic E-state index is 0.347. The molecule has 0 aliphatic heterocycles. The Labute approximate surface area is 129 Å². The third-order valence-corrected chi connectivity index (χ3v) is 5.12. The summed E-state index contributed by atoms with van der Waals surface area (Å²) in [5, 5.41) is 3.16. The Kier molecular flexibility index (Phi) is 8.03. The first-order valence-corrected chi connectivity index (χ1v) is 9.77. The van der Waals surface area contributed by atoms with Crippen LogP contribution in [-0.2, 0) is 9.84 Å². The Morgan fingerprint density at radius 3 is 2.29 bits per heavy atom. The lowest BCUT2D eigenvalue weighted by atomic mass is 10.2. The third-order valence-electron chi connectivity index (χ3n) is 3.02. The minimum Gasteiger partial charge on any atom is -0.385 e. The molecule has 120 valence electrons. The van der Waals surface area contributed by atoms with Crippen LogP contribution in [0.2, 0.25) is 0 Å². The number of thioether (sulfide) groups is 1. The van der Waals surface area contributed by atoms with Crippen LogP contribution in [0.3, 0.4) is 0 Å². The van der Waals surface area contributed by atoms with Crippen LogP contribution in [0, 0.1) is 0 Å². The molecular formula is C14H21F2NO2S2. The van der Waals surface area contributed by atoms with Crippen LogP contribution < -0.4 is 5.32 Å². The molecule has 0 saturated heterocycles. The molecule has 1 rings (SSSR count). The lowest BCUT2D eigenvalue weighted by Gasteiger charge is -2.08. The highest BCUT2D eigenvalue weighted by Crippen LogP contribution is 2.20. The molecule has 0 unspecified atom stereocenters. The van der Waals surface area contributed by atoms with Gasteiger partial charge in [0.2, 0.25) is 9.84 Å². The SMILES string of the molecule is CSCCCCCCNc1ccc(S(=O)(=O)C(F)F)cc1. The zero-order valence-electron chi connectivity index (χ0n) is 12.0. The number of benzene rings is 1. The van der Waals surface area contributed by atoms with Crippen molar-refractivity contribution in [2.24, 2.45) is 0 Å². The Balaban J connectivity index is 2.35. The number of hydrogen-bond donors (Lipinski definition) is 1. The van der Waals surface area contributed by atoms with Gasteiger partial charge in [-0.15, -0.1) is 0 Å². The number of sulfone groups is 1. The topological polar surface area (TPSA) is 46.2 Å². The first-order chi connectivity index (χ1) is 9.98. The van der Waals surface area contributed by atoms with Crippen molar-refractivity contribution in [3.8, 4) is 0 Å². The summed E-state index contributed by atoms with van der Waals surface area (Å²) in [6.07, 6.45) is 6.70. The highest BCUT2D eigenvalue weighted by Gasteiger charge is 2.26. The molecule has 0 radical (unpaired) electrons. The second kappa shape index (κ2) is 9.25. The van der Waals surface area contributed by atoms with E-state index in [0.717, 1.165) is 25.1 Å². The molecule has 0 saturated carbocycles. The number of hydrogen-bond acceptors (Lipinski definition) is 4. The van der Waals surface area contributed by atoms with Gasteiger partial charge in [-0.1, -0.05) is 12.8 Å². The molecule has 0 aromatic heterocycles. The van der Waals surface area contributed by atoms with Crippen LogP contribution in [0.4, 0.5) is 14.5 Å². The molecule has 3 nitrogen and oxygen atoms in total. The Bertz CT molecular complexity index is 504. The Hall–Kier alpha value is -0.820. The number of alkyl halides is 2. The van der Waals surface area contributed by atoms with Gasteiger partial charge in [0.1, 0.15) is 0 Å². The number of rotatable bonds is 10. The van der Waals surface area contributed by atoms with Crippen molar-refractivity contribution in [3.05, 3.63) is 24.3 Å². The van der Waals surface area contributed by atoms with E-state index in [-0.39, 0.29) is 4.90 Å². The normalized spacial score (nSPS) is 11.8. The molecule has 0 spiro atoms. The van der Waals surface area contributed by atoms with Crippen molar-refractivity contribution >= 4 is 27.3 Å². The smallest absolute Gasteiger partial charge is 0.341 e. The average molecular weight is 337 g/mol. The van der Waals surface area contributed by atoms with Gasteiger partial charge in [-0.25, -0.2) is 8.42 Å². The number of halogens is 2. The van der Waals surface area contributed by atoms with E-state index in [0.29, 0.717) is 0 Å². The van der Waals surface area contributed by atoms with E-state index < -0.39 is 15.6 Å². The fourth-order valence-electron chi connectivity index (χ4n) is 1.82. The second-order valence-electron chi connectivity index (χ2n) is 4.66. The zero-order chi connectivity index (χ0) is 15.7. The molecule has 0 amide bonds. The fourth-order valence-corrected chi connectivity index (χ4v) is 3.04. The summed E-state index contributed by atoms with van der Waals surface area (Å²) in [5.74, 6) is -2.19. The quantitative estimate of drug-likeness (QED) is 0.655. The largest absolute Gasteiger partial charge is 0.385 e. The van der Waals surface area contributed by atoms with Crippen LogP contribution in [-0.4, -0.2) is 32.7 Å². The molecule has 0 heterocycles. The predicted molar refractivity (Wildman–Crippen MR) is 85.0 cm³/mol. The Morgan fingerprint density at radius 1 is 1.10 bits per heavy atom. The van der Waals surface area contributed by atoms with Gasteiger partial charge in [0.15, 0.2) is 0 Å². The van der Waals surface area contributed by atoms with Crippen LogP contribution in [0.25, 0.3) is 0 Å². The summed E-state index contributed by atoms with van der Waals surface area (Å²) in [6.45, 7) is 0.792. The van der Waals surface area contributed by atoms with Crippen molar-refractivity contribution in [3.63, 3.8) is 0 Å². The van der Waals surface area contributed by atoms with E-state index in [4.69, 9.17) is 0 Å². The van der Waals surface area contributed by atoms with E-state index in [1.165, 1.54) is 42.9 Å². The first-order valence-electron chi connectivity index (χ1n) is 6.83. The second-order valence-corrected chi connectivity index (χ2v) is 7.57. The maximum Gasteiger partial charge on any atom is 0.341 e. The van der Waals surface area contributed by atoms with E-state index in [2.05, 4.69) is 11.6 Å². The van der Waals surface area contributed by atoms with Crippen molar-refractivity contribution in [1.82, 2.24) is 0 Å². The third kappa shape index (κ3) is 6.22. The monoisotopic (exact) mass is 337 g/mol. The van der Waals surface area contributed by atoms with Gasteiger partial charge >= 0.3 is 5.76 Å². The zero-order valence-corrected chi connectivity index (χ0v) is 13.7. The standard InChI is InChI=1S/C14H21F2NO2S2/c1-20-11-5-3-2-4-10-17-12-6-8-13(9-7-12)21(18,19)14(15)16/h6-9,14,17H,2-5,10-11H2,1H3. The van der Waals surface area contributed by atoms with Crippen molar-refractivity contribution in [2.45, 2.75) is 36.3 Å². The highest BCUT2D eigenvalue weighted by atomic mass is 32.2. The predicted octanol–water partition coefficient (Wildman–Crippen LogP) is 4.02. The average Bonchev–Trinajstić information content (AvgIpc) is 2.46. The van der Waals surface area contributed by atoms with Crippen LogP contribution >= 0.6 is 11.8 Å².